The number of methoxy groups -OCH3 is 1. The van der Waals surface area contributed by atoms with E-state index >= 15 is 0 Å². The van der Waals surface area contributed by atoms with Crippen molar-refractivity contribution in [1.29, 1.82) is 0 Å². The fourth-order valence-corrected chi connectivity index (χ4v) is 5.24. The van der Waals surface area contributed by atoms with Crippen LogP contribution in [-0.2, 0) is 6.42 Å². The molecule has 31 heavy (non-hydrogen) atoms. The van der Waals surface area contributed by atoms with Gasteiger partial charge in [0, 0.05) is 29.6 Å². The van der Waals surface area contributed by atoms with E-state index in [2.05, 4.69) is 93.3 Å². The van der Waals surface area contributed by atoms with E-state index in [1.807, 2.05) is 0 Å². The number of aromatic amines is 1. The molecule has 154 valence electrons. The summed E-state index contributed by atoms with van der Waals surface area (Å²) in [6, 6.07) is 28.1. The van der Waals surface area contributed by atoms with E-state index in [4.69, 9.17) is 4.74 Å². The van der Waals surface area contributed by atoms with Crippen molar-refractivity contribution in [2.24, 2.45) is 0 Å². The van der Waals surface area contributed by atoms with Crippen molar-refractivity contribution < 1.29 is 9.31 Å². The lowest BCUT2D eigenvalue weighted by Gasteiger charge is -2.35. The Morgan fingerprint density at radius 3 is 2.52 bits per heavy atom. The van der Waals surface area contributed by atoms with Crippen LogP contribution in [0.3, 0.4) is 0 Å². The first-order valence-corrected chi connectivity index (χ1v) is 11.0. The first kappa shape index (κ1) is 18.3. The van der Waals surface area contributed by atoms with Gasteiger partial charge in [0.15, 0.2) is 0 Å². The molecule has 0 radical (unpaired) electrons. The molecular formula is C27H26N3O+. The zero-order chi connectivity index (χ0) is 20.8. The molecule has 0 amide bonds. The van der Waals surface area contributed by atoms with Crippen molar-refractivity contribution in [3.8, 4) is 5.75 Å². The normalized spacial score (nSPS) is 18.1. The van der Waals surface area contributed by atoms with Crippen LogP contribution in [0.1, 0.15) is 22.7 Å². The molecule has 1 N–H and O–H groups in total. The number of anilines is 1. The largest absolute Gasteiger partial charge is 0.497 e. The predicted molar refractivity (Wildman–Crippen MR) is 126 cm³/mol. The molecule has 4 nitrogen and oxygen atoms in total. The summed E-state index contributed by atoms with van der Waals surface area (Å²) >= 11 is 0. The number of fused-ring (bicyclic) bond motifs is 4. The molecule has 4 heteroatoms. The number of nitrogens with one attached hydrogen (secondary N) is 1. The molecule has 2 aliphatic heterocycles. The summed E-state index contributed by atoms with van der Waals surface area (Å²) in [6.45, 7) is 2.90. The highest BCUT2D eigenvalue weighted by atomic mass is 16.5. The Hall–Kier alpha value is -3.53. The SMILES string of the molecule is COc1ccc(N2CC(c3ccccc3)C3=[N+](CCc4c3[nH]c3ccccc43)C2)cc1. The zero-order valence-corrected chi connectivity index (χ0v) is 17.7. The van der Waals surface area contributed by atoms with Crippen LogP contribution in [0, 0.1) is 0 Å². The molecule has 3 heterocycles. The molecule has 1 atom stereocenters. The Labute approximate surface area is 182 Å². The minimum absolute atomic E-state index is 0.309. The fourth-order valence-electron chi connectivity index (χ4n) is 5.24. The topological polar surface area (TPSA) is 31.3 Å². The predicted octanol–water partition coefficient (Wildman–Crippen LogP) is 4.80. The fraction of sp³-hybridized carbons (Fsp3) is 0.222. The van der Waals surface area contributed by atoms with Gasteiger partial charge in [-0.15, -0.1) is 0 Å². The molecule has 0 fully saturated rings. The van der Waals surface area contributed by atoms with Gasteiger partial charge >= 0.3 is 0 Å². The quantitative estimate of drug-likeness (QED) is 0.494. The number of H-pyrrole nitrogens is 1. The Kier molecular flexibility index (Phi) is 4.30. The van der Waals surface area contributed by atoms with Crippen LogP contribution in [0.4, 0.5) is 5.69 Å². The molecule has 6 rings (SSSR count). The van der Waals surface area contributed by atoms with Gasteiger partial charge in [-0.25, -0.2) is 4.58 Å². The summed E-state index contributed by atoms with van der Waals surface area (Å²) in [7, 11) is 1.72. The number of hydrogen-bond donors (Lipinski definition) is 1. The Morgan fingerprint density at radius 2 is 1.71 bits per heavy atom. The second kappa shape index (κ2) is 7.31. The Balaban J connectivity index is 1.49. The minimum Gasteiger partial charge on any atom is -0.497 e. The molecule has 0 saturated carbocycles. The van der Waals surface area contributed by atoms with E-state index in [1.165, 1.54) is 39.1 Å². The smallest absolute Gasteiger partial charge is 0.219 e. The molecule has 3 aromatic carbocycles. The standard InChI is InChI=1S/C27H25N3O/c1-31-21-13-11-20(12-14-21)30-17-24(19-7-3-2-4-8-19)27-26-23(15-16-29(27)18-30)22-9-5-6-10-25(22)28-26/h2-14,24H,15-18H2,1H3/p+1. The lowest BCUT2D eigenvalue weighted by atomic mass is 9.86. The lowest BCUT2D eigenvalue weighted by molar-refractivity contribution is -0.532. The monoisotopic (exact) mass is 408 g/mol. The van der Waals surface area contributed by atoms with Crippen LogP contribution in [-0.4, -0.2) is 42.1 Å². The molecule has 0 spiro atoms. The van der Waals surface area contributed by atoms with Gasteiger partial charge in [-0.1, -0.05) is 48.5 Å². The first-order valence-electron chi connectivity index (χ1n) is 11.0. The number of nitrogens with zero attached hydrogens (tertiary/aromatic N) is 2. The van der Waals surface area contributed by atoms with Crippen molar-refractivity contribution in [1.82, 2.24) is 4.98 Å². The maximum atomic E-state index is 5.36. The maximum Gasteiger partial charge on any atom is 0.219 e. The first-order chi connectivity index (χ1) is 15.3. The van der Waals surface area contributed by atoms with Gasteiger partial charge in [0.05, 0.1) is 13.0 Å². The summed E-state index contributed by atoms with van der Waals surface area (Å²) in [5.41, 5.74) is 8.09. The van der Waals surface area contributed by atoms with E-state index in [0.717, 1.165) is 31.9 Å². The number of ether oxygens (including phenoxy) is 1. The summed E-state index contributed by atoms with van der Waals surface area (Å²) in [5.74, 6) is 1.21. The number of para-hydroxylation sites is 1. The van der Waals surface area contributed by atoms with Gasteiger partial charge in [0.2, 0.25) is 12.4 Å². The van der Waals surface area contributed by atoms with Gasteiger partial charge in [0.25, 0.3) is 0 Å². The third-order valence-electron chi connectivity index (χ3n) is 6.76. The molecule has 4 aromatic rings. The molecule has 0 aliphatic carbocycles. The van der Waals surface area contributed by atoms with Gasteiger partial charge in [-0.2, -0.15) is 0 Å². The number of rotatable bonds is 3. The average molecular weight is 409 g/mol. The molecular weight excluding hydrogens is 382 g/mol. The van der Waals surface area contributed by atoms with Crippen LogP contribution in [0.2, 0.25) is 0 Å². The number of hydrogen-bond acceptors (Lipinski definition) is 2. The zero-order valence-electron chi connectivity index (χ0n) is 17.7. The highest BCUT2D eigenvalue weighted by Gasteiger charge is 2.40. The highest BCUT2D eigenvalue weighted by Crippen LogP contribution is 2.35. The van der Waals surface area contributed by atoms with Crippen molar-refractivity contribution in [3.63, 3.8) is 0 Å². The highest BCUT2D eigenvalue weighted by molar-refractivity contribution is 6.07. The van der Waals surface area contributed by atoms with E-state index in [1.54, 1.807) is 7.11 Å². The van der Waals surface area contributed by atoms with Crippen LogP contribution in [0.5, 0.6) is 5.75 Å². The van der Waals surface area contributed by atoms with E-state index in [-0.39, 0.29) is 0 Å². The molecule has 0 saturated heterocycles. The van der Waals surface area contributed by atoms with Crippen molar-refractivity contribution in [2.75, 3.05) is 31.8 Å². The van der Waals surface area contributed by atoms with Crippen molar-refractivity contribution >= 4 is 22.3 Å². The second-order valence-electron chi connectivity index (χ2n) is 8.45. The van der Waals surface area contributed by atoms with Gasteiger partial charge in [-0.3, -0.25) is 0 Å². The van der Waals surface area contributed by atoms with E-state index < -0.39 is 0 Å². The second-order valence-corrected chi connectivity index (χ2v) is 8.45. The van der Waals surface area contributed by atoms with Crippen LogP contribution in [0.15, 0.2) is 78.9 Å². The summed E-state index contributed by atoms with van der Waals surface area (Å²) < 4.78 is 7.94. The minimum atomic E-state index is 0.309. The van der Waals surface area contributed by atoms with Gasteiger partial charge < -0.3 is 14.6 Å². The van der Waals surface area contributed by atoms with Crippen molar-refractivity contribution in [3.05, 3.63) is 95.7 Å². The Morgan fingerprint density at radius 1 is 0.935 bits per heavy atom. The number of benzene rings is 3. The lowest BCUT2D eigenvalue weighted by Crippen LogP contribution is -2.49. The average Bonchev–Trinajstić information content (AvgIpc) is 3.23. The summed E-state index contributed by atoms with van der Waals surface area (Å²) in [4.78, 5) is 6.27. The Bertz CT molecular complexity index is 1270. The van der Waals surface area contributed by atoms with E-state index in [0.29, 0.717) is 5.92 Å². The third kappa shape index (κ3) is 3.02. The van der Waals surface area contributed by atoms with Gasteiger partial charge in [-0.05, 0) is 41.5 Å². The summed E-state index contributed by atoms with van der Waals surface area (Å²) in [6.07, 6.45) is 1.07. The molecule has 1 unspecified atom stereocenters. The van der Waals surface area contributed by atoms with Crippen LogP contribution >= 0.6 is 0 Å². The third-order valence-corrected chi connectivity index (χ3v) is 6.76. The molecule has 2 aliphatic rings. The molecule has 0 bridgehead atoms. The number of aromatic nitrogens is 1. The van der Waals surface area contributed by atoms with Crippen LogP contribution < -0.4 is 9.64 Å². The van der Waals surface area contributed by atoms with Crippen molar-refractivity contribution in [2.45, 2.75) is 12.3 Å². The maximum absolute atomic E-state index is 5.36. The van der Waals surface area contributed by atoms with E-state index in [9.17, 15) is 0 Å². The van der Waals surface area contributed by atoms with Gasteiger partial charge in [0.1, 0.15) is 18.0 Å². The summed E-state index contributed by atoms with van der Waals surface area (Å²) in [5, 5.41) is 1.37. The van der Waals surface area contributed by atoms with Crippen LogP contribution in [0.25, 0.3) is 10.9 Å². The molecule has 1 aromatic heterocycles.